The highest BCUT2D eigenvalue weighted by Gasteiger charge is 2.42. The monoisotopic (exact) mass is 379 g/mol. The van der Waals surface area contributed by atoms with Crippen molar-refractivity contribution in [3.63, 3.8) is 0 Å². The van der Waals surface area contributed by atoms with Crippen molar-refractivity contribution in [2.45, 2.75) is 63.5 Å². The zero-order valence-electron chi connectivity index (χ0n) is 13.6. The topological polar surface area (TPSA) is 63.1 Å². The van der Waals surface area contributed by atoms with E-state index < -0.39 is 12.0 Å². The summed E-state index contributed by atoms with van der Waals surface area (Å²) < 4.78 is 39.7. The first-order chi connectivity index (χ1) is 11.4. The van der Waals surface area contributed by atoms with Gasteiger partial charge in [0.2, 0.25) is 11.7 Å². The summed E-state index contributed by atoms with van der Waals surface area (Å²) in [6.07, 6.45) is 1.00. The van der Waals surface area contributed by atoms with Crippen molar-refractivity contribution in [3.8, 4) is 0 Å². The molecule has 1 aliphatic carbocycles. The van der Waals surface area contributed by atoms with Gasteiger partial charge in [0.05, 0.1) is 12.6 Å². The fourth-order valence-electron chi connectivity index (χ4n) is 4.29. The third-order valence-corrected chi connectivity index (χ3v) is 5.48. The van der Waals surface area contributed by atoms with Gasteiger partial charge < -0.3 is 14.8 Å². The minimum atomic E-state index is -4.51. The van der Waals surface area contributed by atoms with E-state index in [1.54, 1.807) is 4.90 Å². The van der Waals surface area contributed by atoms with E-state index in [0.717, 1.165) is 23.8 Å². The molecule has 1 N–H and O–H groups in total. The van der Waals surface area contributed by atoms with Crippen molar-refractivity contribution < 1.29 is 18.0 Å². The summed E-state index contributed by atoms with van der Waals surface area (Å²) >= 11 is 0. The SMILES string of the molecule is Cl.O=C(C1CC2CCCCC2N1)N1CCn2c(nnc2C(F)(F)F)C1. The van der Waals surface area contributed by atoms with Crippen LogP contribution in [0.3, 0.4) is 0 Å². The predicted octanol–water partition coefficient (Wildman–Crippen LogP) is 1.98. The quantitative estimate of drug-likeness (QED) is 0.810. The van der Waals surface area contributed by atoms with Crippen LogP contribution in [0.25, 0.3) is 0 Å². The second-order valence-corrected chi connectivity index (χ2v) is 6.96. The molecule has 6 nitrogen and oxygen atoms in total. The van der Waals surface area contributed by atoms with E-state index in [-0.39, 0.29) is 49.8 Å². The molecule has 1 amide bonds. The van der Waals surface area contributed by atoms with Crippen LogP contribution in [0.4, 0.5) is 13.2 Å². The third-order valence-electron chi connectivity index (χ3n) is 5.48. The minimum absolute atomic E-state index is 0. The van der Waals surface area contributed by atoms with Gasteiger partial charge in [-0.1, -0.05) is 12.8 Å². The molecule has 0 aromatic carbocycles. The van der Waals surface area contributed by atoms with Crippen LogP contribution in [0.2, 0.25) is 0 Å². The highest BCUT2D eigenvalue weighted by Crippen LogP contribution is 2.34. The van der Waals surface area contributed by atoms with Gasteiger partial charge in [-0.3, -0.25) is 4.79 Å². The molecular formula is C15H21ClF3N5O. The van der Waals surface area contributed by atoms with Gasteiger partial charge in [-0.2, -0.15) is 13.2 Å². The van der Waals surface area contributed by atoms with E-state index in [2.05, 4.69) is 15.5 Å². The van der Waals surface area contributed by atoms with Crippen LogP contribution in [-0.2, 0) is 24.1 Å². The molecular weight excluding hydrogens is 359 g/mol. The van der Waals surface area contributed by atoms with Crippen LogP contribution in [0.5, 0.6) is 0 Å². The van der Waals surface area contributed by atoms with Gasteiger partial charge in [-0.15, -0.1) is 22.6 Å². The fraction of sp³-hybridized carbons (Fsp3) is 0.800. The van der Waals surface area contributed by atoms with Gasteiger partial charge in [0, 0.05) is 19.1 Å². The number of carbonyl (C=O) groups excluding carboxylic acids is 1. The summed E-state index contributed by atoms with van der Waals surface area (Å²) in [5.74, 6) is -0.239. The maximum Gasteiger partial charge on any atom is 0.451 e. The Bertz CT molecular complexity index is 636. The number of halogens is 4. The normalized spacial score (nSPS) is 28.9. The lowest BCUT2D eigenvalue weighted by Crippen LogP contribution is -2.48. The summed E-state index contributed by atoms with van der Waals surface area (Å²) in [6.45, 7) is 0.443. The number of nitrogens with one attached hydrogen (secondary N) is 1. The molecule has 3 unspecified atom stereocenters. The second kappa shape index (κ2) is 6.75. The molecule has 3 heterocycles. The maximum absolute atomic E-state index is 12.9. The summed E-state index contributed by atoms with van der Waals surface area (Å²) in [5.41, 5.74) is 0. The van der Waals surface area contributed by atoms with Crippen LogP contribution < -0.4 is 5.32 Å². The van der Waals surface area contributed by atoms with Gasteiger partial charge in [0.1, 0.15) is 0 Å². The lowest BCUT2D eigenvalue weighted by Gasteiger charge is -2.30. The van der Waals surface area contributed by atoms with Crippen LogP contribution in [-0.4, -0.2) is 44.2 Å². The molecule has 25 heavy (non-hydrogen) atoms. The van der Waals surface area contributed by atoms with E-state index in [1.165, 1.54) is 12.8 Å². The zero-order chi connectivity index (χ0) is 16.9. The Morgan fingerprint density at radius 1 is 1.16 bits per heavy atom. The van der Waals surface area contributed by atoms with Gasteiger partial charge in [0.25, 0.3) is 0 Å². The largest absolute Gasteiger partial charge is 0.451 e. The van der Waals surface area contributed by atoms with Crippen molar-refractivity contribution >= 4 is 18.3 Å². The molecule has 1 saturated heterocycles. The molecule has 0 radical (unpaired) electrons. The molecule has 1 aromatic rings. The number of amides is 1. The van der Waals surface area contributed by atoms with Crippen molar-refractivity contribution in [2.24, 2.45) is 5.92 Å². The van der Waals surface area contributed by atoms with Crippen LogP contribution in [0, 0.1) is 5.92 Å². The van der Waals surface area contributed by atoms with Crippen molar-refractivity contribution in [1.29, 1.82) is 0 Å². The van der Waals surface area contributed by atoms with Crippen molar-refractivity contribution in [1.82, 2.24) is 25.0 Å². The number of fused-ring (bicyclic) bond motifs is 2. The Balaban J connectivity index is 0.00000182. The first-order valence-corrected chi connectivity index (χ1v) is 8.47. The van der Waals surface area contributed by atoms with Crippen LogP contribution in [0.1, 0.15) is 43.8 Å². The Hall–Kier alpha value is -1.35. The Labute approximate surface area is 149 Å². The van der Waals surface area contributed by atoms with E-state index in [0.29, 0.717) is 12.0 Å². The first kappa shape index (κ1) is 18.4. The lowest BCUT2D eigenvalue weighted by atomic mass is 9.85. The number of nitrogens with zero attached hydrogens (tertiary/aromatic N) is 4. The van der Waals surface area contributed by atoms with Crippen LogP contribution in [0.15, 0.2) is 0 Å². The third kappa shape index (κ3) is 3.36. The number of aromatic nitrogens is 3. The molecule has 2 aliphatic heterocycles. The average molecular weight is 380 g/mol. The number of rotatable bonds is 1. The number of hydrogen-bond donors (Lipinski definition) is 1. The van der Waals surface area contributed by atoms with E-state index in [9.17, 15) is 18.0 Å². The zero-order valence-corrected chi connectivity index (χ0v) is 14.4. The second-order valence-electron chi connectivity index (χ2n) is 6.96. The highest BCUT2D eigenvalue weighted by molar-refractivity contribution is 5.85. The van der Waals surface area contributed by atoms with Gasteiger partial charge in [0.15, 0.2) is 5.82 Å². The molecule has 1 aromatic heterocycles. The number of carbonyl (C=O) groups is 1. The molecule has 140 valence electrons. The maximum atomic E-state index is 12.9. The smallest absolute Gasteiger partial charge is 0.332 e. The molecule has 4 rings (SSSR count). The molecule has 3 aliphatic rings. The molecule has 10 heteroatoms. The Morgan fingerprint density at radius 3 is 2.64 bits per heavy atom. The molecule has 0 bridgehead atoms. The first-order valence-electron chi connectivity index (χ1n) is 8.47. The summed E-state index contributed by atoms with van der Waals surface area (Å²) in [6, 6.07) is 0.202. The van der Waals surface area contributed by atoms with E-state index in [4.69, 9.17) is 0 Å². The molecule has 3 atom stereocenters. The molecule has 2 fully saturated rings. The highest BCUT2D eigenvalue weighted by atomic mass is 35.5. The standard InChI is InChI=1S/C15H20F3N5O.ClH/c16-15(17,18)14-21-20-12-8-22(5-6-23(12)14)13(24)11-7-9-3-1-2-4-10(9)19-11;/h9-11,19H,1-8H2;1H. The summed E-state index contributed by atoms with van der Waals surface area (Å²) in [4.78, 5) is 14.4. The summed E-state index contributed by atoms with van der Waals surface area (Å²) in [7, 11) is 0. The van der Waals surface area contributed by atoms with Crippen molar-refractivity contribution in [3.05, 3.63) is 11.6 Å². The van der Waals surface area contributed by atoms with E-state index in [1.807, 2.05) is 0 Å². The predicted molar refractivity (Wildman–Crippen MR) is 85.0 cm³/mol. The van der Waals surface area contributed by atoms with Gasteiger partial charge in [-0.25, -0.2) is 0 Å². The molecule has 1 saturated carbocycles. The summed E-state index contributed by atoms with van der Waals surface area (Å²) in [5, 5.41) is 10.3. The van der Waals surface area contributed by atoms with Crippen molar-refractivity contribution in [2.75, 3.05) is 6.54 Å². The molecule has 0 spiro atoms. The Kier molecular flexibility index (Phi) is 4.98. The number of hydrogen-bond acceptors (Lipinski definition) is 4. The lowest BCUT2D eigenvalue weighted by molar-refractivity contribution is -0.148. The fourth-order valence-corrected chi connectivity index (χ4v) is 4.29. The van der Waals surface area contributed by atoms with Gasteiger partial charge in [-0.05, 0) is 25.2 Å². The Morgan fingerprint density at radius 2 is 1.92 bits per heavy atom. The van der Waals surface area contributed by atoms with E-state index >= 15 is 0 Å². The minimum Gasteiger partial charge on any atom is -0.332 e. The average Bonchev–Trinajstić information content (AvgIpc) is 3.16. The van der Waals surface area contributed by atoms with Gasteiger partial charge >= 0.3 is 6.18 Å². The van der Waals surface area contributed by atoms with Crippen LogP contribution >= 0.6 is 12.4 Å². The number of alkyl halides is 3.